The smallest absolute Gasteiger partial charge is 0.337 e. The number of rotatable bonds is 7. The van der Waals surface area contributed by atoms with E-state index in [-0.39, 0.29) is 12.3 Å². The van der Waals surface area contributed by atoms with E-state index in [1.54, 1.807) is 37.3 Å². The molecule has 9 heteroatoms. The molecule has 0 spiro atoms. The molecule has 9 nitrogen and oxygen atoms in total. The first-order valence-corrected chi connectivity index (χ1v) is 11.9. The van der Waals surface area contributed by atoms with Crippen molar-refractivity contribution >= 4 is 34.6 Å². The summed E-state index contributed by atoms with van der Waals surface area (Å²) in [5.41, 5.74) is 4.98. The average molecular weight is 499 g/mol. The van der Waals surface area contributed by atoms with Crippen molar-refractivity contribution in [1.29, 1.82) is 0 Å². The molecular formula is C28H26N4O5. The highest BCUT2D eigenvalue weighted by atomic mass is 16.5. The van der Waals surface area contributed by atoms with Crippen molar-refractivity contribution in [2.75, 3.05) is 13.7 Å². The summed E-state index contributed by atoms with van der Waals surface area (Å²) >= 11 is 0. The van der Waals surface area contributed by atoms with Crippen LogP contribution in [0.1, 0.15) is 37.7 Å². The molecule has 37 heavy (non-hydrogen) atoms. The number of hydrogen-bond acceptors (Lipinski definition) is 5. The predicted molar refractivity (Wildman–Crippen MR) is 137 cm³/mol. The van der Waals surface area contributed by atoms with Gasteiger partial charge in [0.15, 0.2) is 5.78 Å². The third kappa shape index (κ3) is 4.29. The quantitative estimate of drug-likeness (QED) is 0.229. The molecule has 3 amide bonds. The number of nitrogens with zero attached hydrogens (tertiary/aromatic N) is 2. The molecule has 0 radical (unpaired) electrons. The van der Waals surface area contributed by atoms with Gasteiger partial charge in [-0.15, -0.1) is 0 Å². The summed E-state index contributed by atoms with van der Waals surface area (Å²) in [6.07, 6.45) is 2.17. The molecule has 2 N–H and O–H groups in total. The SMILES string of the molecule is COC(=O)c1ccc(-n2c(C)cc(C(=O)CN3C(=O)N[C@@H](Cc4c[nH]c5ccccc45)C3=O)c2C)cc1. The fraction of sp³-hybridized carbons (Fsp3) is 0.214. The average Bonchev–Trinajstić information content (AvgIpc) is 3.53. The monoisotopic (exact) mass is 498 g/mol. The first-order valence-electron chi connectivity index (χ1n) is 11.9. The van der Waals surface area contributed by atoms with E-state index in [9.17, 15) is 19.2 Å². The zero-order chi connectivity index (χ0) is 26.3. The summed E-state index contributed by atoms with van der Waals surface area (Å²) in [4.78, 5) is 54.8. The van der Waals surface area contributed by atoms with Gasteiger partial charge in [-0.2, -0.15) is 0 Å². The molecule has 188 valence electrons. The number of benzene rings is 2. The maximum atomic E-state index is 13.2. The number of methoxy groups -OCH3 is 1. The van der Waals surface area contributed by atoms with Crippen LogP contribution in [0.25, 0.3) is 16.6 Å². The number of ether oxygens (including phenoxy) is 1. The van der Waals surface area contributed by atoms with Crippen molar-refractivity contribution in [3.8, 4) is 5.69 Å². The second-order valence-corrected chi connectivity index (χ2v) is 9.07. The molecular weight excluding hydrogens is 472 g/mol. The predicted octanol–water partition coefficient (Wildman–Crippen LogP) is 3.71. The molecule has 3 heterocycles. The Morgan fingerprint density at radius 3 is 2.49 bits per heavy atom. The Kier molecular flexibility index (Phi) is 6.12. The molecule has 2 aromatic carbocycles. The molecule has 4 aromatic rings. The number of esters is 1. The maximum absolute atomic E-state index is 13.2. The number of fused-ring (bicyclic) bond motifs is 1. The molecule has 2 aromatic heterocycles. The van der Waals surface area contributed by atoms with Crippen molar-refractivity contribution in [3.05, 3.63) is 88.9 Å². The largest absolute Gasteiger partial charge is 0.465 e. The van der Waals surface area contributed by atoms with Gasteiger partial charge < -0.3 is 19.6 Å². The lowest BCUT2D eigenvalue weighted by Crippen LogP contribution is -2.36. The molecule has 0 bridgehead atoms. The summed E-state index contributed by atoms with van der Waals surface area (Å²) in [5, 5.41) is 3.71. The highest BCUT2D eigenvalue weighted by Gasteiger charge is 2.39. The summed E-state index contributed by atoms with van der Waals surface area (Å²) in [6, 6.07) is 15.0. The molecule has 1 aliphatic rings. The Morgan fingerprint density at radius 1 is 1.03 bits per heavy atom. The number of nitrogens with one attached hydrogen (secondary N) is 2. The first-order chi connectivity index (χ1) is 17.8. The number of hydrogen-bond donors (Lipinski definition) is 2. The number of urea groups is 1. The lowest BCUT2D eigenvalue weighted by atomic mass is 10.0. The number of amides is 3. The fourth-order valence-corrected chi connectivity index (χ4v) is 4.92. The highest BCUT2D eigenvalue weighted by molar-refractivity contribution is 6.10. The summed E-state index contributed by atoms with van der Waals surface area (Å²) in [7, 11) is 1.32. The number of H-pyrrole nitrogens is 1. The zero-order valence-corrected chi connectivity index (χ0v) is 20.7. The number of aromatic amines is 1. The van der Waals surface area contributed by atoms with Gasteiger partial charge in [0.25, 0.3) is 5.91 Å². The molecule has 0 saturated carbocycles. The molecule has 1 saturated heterocycles. The lowest BCUT2D eigenvalue weighted by molar-refractivity contribution is -0.127. The molecule has 1 atom stereocenters. The molecule has 1 aliphatic heterocycles. The lowest BCUT2D eigenvalue weighted by Gasteiger charge is -2.13. The van der Waals surface area contributed by atoms with Crippen LogP contribution >= 0.6 is 0 Å². The van der Waals surface area contributed by atoms with Crippen LogP contribution in [0.5, 0.6) is 0 Å². The maximum Gasteiger partial charge on any atom is 0.337 e. The Bertz CT molecular complexity index is 1550. The van der Waals surface area contributed by atoms with Crippen LogP contribution in [0, 0.1) is 13.8 Å². The van der Waals surface area contributed by atoms with E-state index >= 15 is 0 Å². The number of ketones is 1. The van der Waals surface area contributed by atoms with Crippen LogP contribution in [-0.4, -0.2) is 57.8 Å². The van der Waals surface area contributed by atoms with Gasteiger partial charge in [-0.05, 0) is 55.8 Å². The van der Waals surface area contributed by atoms with Gasteiger partial charge in [-0.1, -0.05) is 18.2 Å². The summed E-state index contributed by atoms with van der Waals surface area (Å²) < 4.78 is 6.63. The second-order valence-electron chi connectivity index (χ2n) is 9.07. The highest BCUT2D eigenvalue weighted by Crippen LogP contribution is 2.24. The minimum atomic E-state index is -0.736. The van der Waals surface area contributed by atoms with Crippen LogP contribution in [0.3, 0.4) is 0 Å². The van der Waals surface area contributed by atoms with E-state index in [2.05, 4.69) is 10.3 Å². The van der Waals surface area contributed by atoms with Crippen LogP contribution in [0.15, 0.2) is 60.8 Å². The molecule has 5 rings (SSSR count). The zero-order valence-electron chi connectivity index (χ0n) is 20.7. The van der Waals surface area contributed by atoms with E-state index in [0.29, 0.717) is 23.2 Å². The van der Waals surface area contributed by atoms with Crippen molar-refractivity contribution < 1.29 is 23.9 Å². The van der Waals surface area contributed by atoms with E-state index in [1.807, 2.05) is 42.0 Å². The van der Waals surface area contributed by atoms with Crippen molar-refractivity contribution in [2.24, 2.45) is 0 Å². The third-order valence-electron chi connectivity index (χ3n) is 6.79. The van der Waals surface area contributed by atoms with Gasteiger partial charge in [-0.25, -0.2) is 9.59 Å². The van der Waals surface area contributed by atoms with E-state index in [1.165, 1.54) is 7.11 Å². The minimum absolute atomic E-state index is 0.329. The van der Waals surface area contributed by atoms with Crippen molar-refractivity contribution in [2.45, 2.75) is 26.3 Å². The number of aryl methyl sites for hydroxylation is 1. The molecule has 0 unspecified atom stereocenters. The van der Waals surface area contributed by atoms with Crippen molar-refractivity contribution in [1.82, 2.24) is 19.8 Å². The number of Topliss-reactive ketones (excluding diaryl/α,β-unsaturated/α-hetero) is 1. The summed E-state index contributed by atoms with van der Waals surface area (Å²) in [6.45, 7) is 3.32. The number of aromatic nitrogens is 2. The topological polar surface area (TPSA) is 114 Å². The second kappa shape index (κ2) is 9.42. The Labute approximate surface area is 213 Å². The number of para-hydroxylation sites is 1. The van der Waals surface area contributed by atoms with Crippen molar-refractivity contribution in [3.63, 3.8) is 0 Å². The number of imide groups is 1. The van der Waals surface area contributed by atoms with E-state index in [4.69, 9.17) is 4.74 Å². The normalized spacial score (nSPS) is 15.3. The van der Waals surface area contributed by atoms with E-state index < -0.39 is 23.9 Å². The first kappa shape index (κ1) is 24.1. The molecule has 1 fully saturated rings. The minimum Gasteiger partial charge on any atom is -0.465 e. The van der Waals surface area contributed by atoms with E-state index in [0.717, 1.165) is 32.7 Å². The van der Waals surface area contributed by atoms with Gasteiger partial charge in [-0.3, -0.25) is 14.5 Å². The Morgan fingerprint density at radius 2 is 1.76 bits per heavy atom. The summed E-state index contributed by atoms with van der Waals surface area (Å²) in [5.74, 6) is -1.18. The fourth-order valence-electron chi connectivity index (χ4n) is 4.92. The van der Waals surface area contributed by atoms with Gasteiger partial charge in [0.05, 0.1) is 19.2 Å². The Hall–Kier alpha value is -4.66. The Balaban J connectivity index is 1.32. The van der Waals surface area contributed by atoms with Gasteiger partial charge in [0.1, 0.15) is 6.04 Å². The number of carbonyl (C=O) groups excluding carboxylic acids is 4. The van der Waals surface area contributed by atoms with Gasteiger partial charge >= 0.3 is 12.0 Å². The standard InChI is InChI=1S/C28H26N4O5/c1-16-12-22(17(2)32(16)20-10-8-18(9-11-20)27(35)37-3)25(33)15-31-26(34)24(30-28(31)36)13-19-14-29-23-7-5-4-6-21(19)23/h4-12,14,24,29H,13,15H2,1-3H3,(H,30,36)/t24-/m0/s1. The number of carbonyl (C=O) groups is 4. The third-order valence-corrected chi connectivity index (χ3v) is 6.79. The van der Waals surface area contributed by atoms with Crippen LogP contribution < -0.4 is 5.32 Å². The van der Waals surface area contributed by atoms with Crippen LogP contribution in [-0.2, 0) is 16.0 Å². The van der Waals surface area contributed by atoms with Crippen LogP contribution in [0.4, 0.5) is 4.79 Å². The van der Waals surface area contributed by atoms with Crippen LogP contribution in [0.2, 0.25) is 0 Å². The molecule has 0 aliphatic carbocycles. The van der Waals surface area contributed by atoms with Gasteiger partial charge in [0, 0.05) is 46.2 Å². The van der Waals surface area contributed by atoms with Gasteiger partial charge in [0.2, 0.25) is 0 Å².